The van der Waals surface area contributed by atoms with E-state index in [9.17, 15) is 4.79 Å². The molecule has 106 valence electrons. The molecule has 0 aliphatic rings. The number of benzene rings is 1. The Hall–Kier alpha value is -1.81. The molecule has 20 heavy (non-hydrogen) atoms. The van der Waals surface area contributed by atoms with E-state index in [-0.39, 0.29) is 11.9 Å². The van der Waals surface area contributed by atoms with E-state index in [2.05, 4.69) is 24.4 Å². The predicted octanol–water partition coefficient (Wildman–Crippen LogP) is 3.45. The fraction of sp³-hybridized carbons (Fsp3) is 0.312. The molecule has 1 unspecified atom stereocenters. The number of thiophene rings is 1. The topological polar surface area (TPSA) is 55.1 Å². The molecule has 2 rings (SSSR count). The number of nitrogens with two attached hydrogens (primary N) is 1. The summed E-state index contributed by atoms with van der Waals surface area (Å²) in [4.78, 5) is 14.4. The first kappa shape index (κ1) is 14.6. The Morgan fingerprint density at radius 2 is 1.95 bits per heavy atom. The van der Waals surface area contributed by atoms with E-state index in [1.54, 1.807) is 11.3 Å². The molecule has 4 heteroatoms. The van der Waals surface area contributed by atoms with Gasteiger partial charge in [0.05, 0.1) is 6.04 Å². The second kappa shape index (κ2) is 6.57. The van der Waals surface area contributed by atoms with Crippen molar-refractivity contribution in [3.63, 3.8) is 0 Å². The van der Waals surface area contributed by atoms with Crippen LogP contribution in [0, 0.1) is 6.92 Å². The minimum Gasteiger partial charge on any atom is -0.399 e. The molecule has 0 radical (unpaired) electrons. The lowest BCUT2D eigenvalue weighted by atomic mass is 10.1. The SMILES string of the molecule is Cc1ccc(C(C)NC(=O)CCc2ccc(N)cc2)s1. The highest BCUT2D eigenvalue weighted by Crippen LogP contribution is 2.22. The van der Waals surface area contributed by atoms with Gasteiger partial charge in [0.15, 0.2) is 0 Å². The van der Waals surface area contributed by atoms with Crippen LogP contribution < -0.4 is 11.1 Å². The molecule has 1 atom stereocenters. The minimum absolute atomic E-state index is 0.0765. The van der Waals surface area contributed by atoms with Gasteiger partial charge in [0, 0.05) is 21.9 Å². The molecule has 1 heterocycles. The molecule has 3 nitrogen and oxygen atoms in total. The van der Waals surface area contributed by atoms with Crippen molar-refractivity contribution in [3.8, 4) is 0 Å². The van der Waals surface area contributed by atoms with Crippen LogP contribution in [-0.4, -0.2) is 5.91 Å². The summed E-state index contributed by atoms with van der Waals surface area (Å²) in [7, 11) is 0. The number of carbonyl (C=O) groups is 1. The predicted molar refractivity (Wildman–Crippen MR) is 84.8 cm³/mol. The number of hydrogen-bond acceptors (Lipinski definition) is 3. The molecule has 0 spiro atoms. The van der Waals surface area contributed by atoms with E-state index >= 15 is 0 Å². The van der Waals surface area contributed by atoms with Crippen molar-refractivity contribution in [1.29, 1.82) is 0 Å². The highest BCUT2D eigenvalue weighted by molar-refractivity contribution is 7.12. The first-order chi connectivity index (χ1) is 9.54. The van der Waals surface area contributed by atoms with Crippen LogP contribution in [-0.2, 0) is 11.2 Å². The molecule has 1 aromatic carbocycles. The Balaban J connectivity index is 1.82. The smallest absolute Gasteiger partial charge is 0.220 e. The van der Waals surface area contributed by atoms with Crippen LogP contribution in [0.2, 0.25) is 0 Å². The number of carbonyl (C=O) groups excluding carboxylic acids is 1. The van der Waals surface area contributed by atoms with Crippen LogP contribution in [0.3, 0.4) is 0 Å². The number of anilines is 1. The molecule has 2 aromatic rings. The highest BCUT2D eigenvalue weighted by Gasteiger charge is 2.11. The number of nitrogens with one attached hydrogen (secondary N) is 1. The summed E-state index contributed by atoms with van der Waals surface area (Å²) in [5.74, 6) is 0.0837. The molecule has 1 aromatic heterocycles. The summed E-state index contributed by atoms with van der Waals surface area (Å²) >= 11 is 1.73. The van der Waals surface area contributed by atoms with Gasteiger partial charge in [-0.05, 0) is 50.1 Å². The molecular weight excluding hydrogens is 268 g/mol. The Bertz CT molecular complexity index is 574. The first-order valence-electron chi connectivity index (χ1n) is 6.74. The summed E-state index contributed by atoms with van der Waals surface area (Å²) in [6.45, 7) is 4.09. The number of nitrogen functional groups attached to an aromatic ring is 1. The van der Waals surface area contributed by atoms with E-state index in [1.807, 2.05) is 31.2 Å². The van der Waals surface area contributed by atoms with Crippen LogP contribution in [0.25, 0.3) is 0 Å². The lowest BCUT2D eigenvalue weighted by molar-refractivity contribution is -0.121. The third kappa shape index (κ3) is 4.10. The van der Waals surface area contributed by atoms with Gasteiger partial charge in [-0.3, -0.25) is 4.79 Å². The second-order valence-electron chi connectivity index (χ2n) is 4.98. The molecule has 1 amide bonds. The highest BCUT2D eigenvalue weighted by atomic mass is 32.1. The van der Waals surface area contributed by atoms with Gasteiger partial charge >= 0.3 is 0 Å². The maximum Gasteiger partial charge on any atom is 0.220 e. The van der Waals surface area contributed by atoms with Gasteiger partial charge in [0.2, 0.25) is 5.91 Å². The van der Waals surface area contributed by atoms with E-state index < -0.39 is 0 Å². The number of aryl methyl sites for hydroxylation is 2. The van der Waals surface area contributed by atoms with Crippen molar-refractivity contribution in [2.45, 2.75) is 32.7 Å². The van der Waals surface area contributed by atoms with E-state index in [1.165, 1.54) is 9.75 Å². The van der Waals surface area contributed by atoms with Crippen molar-refractivity contribution in [2.75, 3.05) is 5.73 Å². The minimum atomic E-state index is 0.0765. The summed E-state index contributed by atoms with van der Waals surface area (Å²) in [6.07, 6.45) is 1.24. The molecule has 0 aliphatic heterocycles. The van der Waals surface area contributed by atoms with Crippen molar-refractivity contribution in [1.82, 2.24) is 5.32 Å². The Morgan fingerprint density at radius 1 is 1.25 bits per heavy atom. The van der Waals surface area contributed by atoms with Gasteiger partial charge in [-0.25, -0.2) is 0 Å². The molecule has 0 fully saturated rings. The average Bonchev–Trinajstić information content (AvgIpc) is 2.85. The molecule has 0 bridgehead atoms. The Kier molecular flexibility index (Phi) is 4.79. The van der Waals surface area contributed by atoms with Crippen LogP contribution in [0.15, 0.2) is 36.4 Å². The monoisotopic (exact) mass is 288 g/mol. The fourth-order valence-electron chi connectivity index (χ4n) is 2.01. The van der Waals surface area contributed by atoms with Crippen LogP contribution >= 0.6 is 11.3 Å². The van der Waals surface area contributed by atoms with Gasteiger partial charge in [-0.1, -0.05) is 12.1 Å². The standard InChI is InChI=1S/C16H20N2OS/c1-11-3-9-15(20-11)12(2)18-16(19)10-6-13-4-7-14(17)8-5-13/h3-5,7-9,12H,6,10,17H2,1-2H3,(H,18,19). The summed E-state index contributed by atoms with van der Waals surface area (Å²) in [5, 5.41) is 3.04. The Labute approximate surface area is 123 Å². The van der Waals surface area contributed by atoms with Crippen molar-refractivity contribution in [3.05, 3.63) is 51.7 Å². The van der Waals surface area contributed by atoms with E-state index in [0.717, 1.165) is 17.7 Å². The summed E-state index contributed by atoms with van der Waals surface area (Å²) in [6, 6.07) is 11.9. The Morgan fingerprint density at radius 3 is 2.55 bits per heavy atom. The van der Waals surface area contributed by atoms with Crippen LogP contribution in [0.5, 0.6) is 0 Å². The van der Waals surface area contributed by atoms with Crippen LogP contribution in [0.4, 0.5) is 5.69 Å². The molecule has 3 N–H and O–H groups in total. The van der Waals surface area contributed by atoms with Gasteiger partial charge in [0.25, 0.3) is 0 Å². The third-order valence-electron chi connectivity index (χ3n) is 3.19. The molecule has 0 aliphatic carbocycles. The molecular formula is C16H20N2OS. The van der Waals surface area contributed by atoms with Gasteiger partial charge in [-0.15, -0.1) is 11.3 Å². The number of hydrogen-bond donors (Lipinski definition) is 2. The van der Waals surface area contributed by atoms with E-state index in [0.29, 0.717) is 6.42 Å². The van der Waals surface area contributed by atoms with E-state index in [4.69, 9.17) is 5.73 Å². The quantitative estimate of drug-likeness (QED) is 0.828. The average molecular weight is 288 g/mol. The number of rotatable bonds is 5. The number of amides is 1. The maximum atomic E-state index is 11.9. The zero-order valence-corrected chi connectivity index (χ0v) is 12.7. The first-order valence-corrected chi connectivity index (χ1v) is 7.56. The molecule has 0 saturated carbocycles. The third-order valence-corrected chi connectivity index (χ3v) is 4.37. The zero-order chi connectivity index (χ0) is 14.5. The molecule has 0 saturated heterocycles. The fourth-order valence-corrected chi connectivity index (χ4v) is 2.89. The lowest BCUT2D eigenvalue weighted by Gasteiger charge is -2.12. The van der Waals surface area contributed by atoms with Crippen LogP contribution in [0.1, 0.15) is 34.7 Å². The van der Waals surface area contributed by atoms with Gasteiger partial charge in [0.1, 0.15) is 0 Å². The van der Waals surface area contributed by atoms with Crippen molar-refractivity contribution >= 4 is 22.9 Å². The lowest BCUT2D eigenvalue weighted by Crippen LogP contribution is -2.26. The van der Waals surface area contributed by atoms with Crippen molar-refractivity contribution < 1.29 is 4.79 Å². The largest absolute Gasteiger partial charge is 0.399 e. The normalized spacial score (nSPS) is 12.1. The maximum absolute atomic E-state index is 11.9. The van der Waals surface area contributed by atoms with Gasteiger partial charge in [-0.2, -0.15) is 0 Å². The second-order valence-corrected chi connectivity index (χ2v) is 6.30. The zero-order valence-electron chi connectivity index (χ0n) is 11.8. The van der Waals surface area contributed by atoms with Gasteiger partial charge < -0.3 is 11.1 Å². The summed E-state index contributed by atoms with van der Waals surface area (Å²) in [5.41, 5.74) is 7.52. The van der Waals surface area contributed by atoms with Crippen molar-refractivity contribution in [2.24, 2.45) is 0 Å². The summed E-state index contributed by atoms with van der Waals surface area (Å²) < 4.78 is 0.